The van der Waals surface area contributed by atoms with Gasteiger partial charge in [-0.3, -0.25) is 4.79 Å². The Morgan fingerprint density at radius 3 is 2.61 bits per heavy atom. The zero-order valence-electron chi connectivity index (χ0n) is 17.8. The van der Waals surface area contributed by atoms with Gasteiger partial charge in [0.1, 0.15) is 11.5 Å². The SMILES string of the molecule is CCCOc1ccccc1CCCNC(=O)C(C)Oc1cc(C)cc(C)c1C. The number of amides is 1. The summed E-state index contributed by atoms with van der Waals surface area (Å²) in [6.07, 6.45) is 2.18. The zero-order valence-corrected chi connectivity index (χ0v) is 17.8. The van der Waals surface area contributed by atoms with E-state index in [1.165, 1.54) is 11.1 Å². The average Bonchev–Trinajstić information content (AvgIpc) is 2.67. The van der Waals surface area contributed by atoms with E-state index in [1.54, 1.807) is 6.92 Å². The quantitative estimate of drug-likeness (QED) is 0.593. The lowest BCUT2D eigenvalue weighted by Crippen LogP contribution is -2.37. The Morgan fingerprint density at radius 2 is 1.86 bits per heavy atom. The van der Waals surface area contributed by atoms with Crippen LogP contribution in [-0.2, 0) is 11.2 Å². The van der Waals surface area contributed by atoms with Crippen molar-refractivity contribution in [3.63, 3.8) is 0 Å². The van der Waals surface area contributed by atoms with Gasteiger partial charge in [-0.05, 0) is 81.3 Å². The van der Waals surface area contributed by atoms with Crippen LogP contribution in [0, 0.1) is 20.8 Å². The van der Waals surface area contributed by atoms with Crippen molar-refractivity contribution in [3.05, 3.63) is 58.7 Å². The lowest BCUT2D eigenvalue weighted by Gasteiger charge is -2.18. The first-order valence-corrected chi connectivity index (χ1v) is 10.1. The minimum absolute atomic E-state index is 0.0888. The van der Waals surface area contributed by atoms with Gasteiger partial charge in [-0.1, -0.05) is 31.2 Å². The molecule has 0 aliphatic carbocycles. The molecule has 0 radical (unpaired) electrons. The van der Waals surface area contributed by atoms with Crippen molar-refractivity contribution in [3.8, 4) is 11.5 Å². The summed E-state index contributed by atoms with van der Waals surface area (Å²) in [5.74, 6) is 1.63. The molecule has 0 aliphatic heterocycles. The molecule has 4 heteroatoms. The predicted molar refractivity (Wildman–Crippen MR) is 114 cm³/mol. The molecule has 2 aromatic carbocycles. The van der Waals surface area contributed by atoms with E-state index in [4.69, 9.17) is 9.47 Å². The maximum Gasteiger partial charge on any atom is 0.260 e. The number of ether oxygens (including phenoxy) is 2. The van der Waals surface area contributed by atoms with Crippen LogP contribution in [0.4, 0.5) is 0 Å². The summed E-state index contributed by atoms with van der Waals surface area (Å²) in [7, 11) is 0. The maximum absolute atomic E-state index is 12.4. The van der Waals surface area contributed by atoms with E-state index in [-0.39, 0.29) is 5.91 Å². The second kappa shape index (κ2) is 10.7. The largest absolute Gasteiger partial charge is 0.493 e. The summed E-state index contributed by atoms with van der Waals surface area (Å²) in [6.45, 7) is 11.3. The summed E-state index contributed by atoms with van der Waals surface area (Å²) in [5, 5.41) is 2.98. The molecule has 0 heterocycles. The number of carbonyl (C=O) groups is 1. The van der Waals surface area contributed by atoms with Gasteiger partial charge < -0.3 is 14.8 Å². The van der Waals surface area contributed by atoms with Crippen LogP contribution in [0.15, 0.2) is 36.4 Å². The Kier molecular flexibility index (Phi) is 8.37. The second-order valence-corrected chi connectivity index (χ2v) is 7.32. The van der Waals surface area contributed by atoms with Crippen LogP contribution >= 0.6 is 0 Å². The molecule has 28 heavy (non-hydrogen) atoms. The lowest BCUT2D eigenvalue weighted by atomic mass is 10.1. The van der Waals surface area contributed by atoms with Crippen LogP contribution in [0.25, 0.3) is 0 Å². The highest BCUT2D eigenvalue weighted by Crippen LogP contribution is 2.24. The molecule has 0 saturated carbocycles. The van der Waals surface area contributed by atoms with Gasteiger partial charge in [0.05, 0.1) is 6.61 Å². The molecule has 1 N–H and O–H groups in total. The van der Waals surface area contributed by atoms with Crippen LogP contribution in [0.3, 0.4) is 0 Å². The number of aryl methyl sites for hydroxylation is 3. The summed E-state index contributed by atoms with van der Waals surface area (Å²) >= 11 is 0. The summed E-state index contributed by atoms with van der Waals surface area (Å²) < 4.78 is 11.7. The Hall–Kier alpha value is -2.49. The van der Waals surface area contributed by atoms with E-state index < -0.39 is 6.10 Å². The van der Waals surface area contributed by atoms with E-state index in [2.05, 4.69) is 31.3 Å². The number of para-hydroxylation sites is 1. The van der Waals surface area contributed by atoms with E-state index in [1.807, 2.05) is 38.1 Å². The van der Waals surface area contributed by atoms with Gasteiger partial charge in [0.2, 0.25) is 0 Å². The third kappa shape index (κ3) is 6.29. The summed E-state index contributed by atoms with van der Waals surface area (Å²) in [4.78, 5) is 12.4. The zero-order chi connectivity index (χ0) is 20.5. The first kappa shape index (κ1) is 21.8. The number of nitrogens with one attached hydrogen (secondary N) is 1. The standard InChI is InChI=1S/C24H33NO3/c1-6-14-27-22-12-8-7-10-21(22)11-9-13-25-24(26)20(5)28-23-16-17(2)15-18(3)19(23)4/h7-8,10,12,15-16,20H,6,9,11,13-14H2,1-5H3,(H,25,26). The smallest absolute Gasteiger partial charge is 0.260 e. The van der Waals surface area contributed by atoms with Crippen molar-refractivity contribution in [2.24, 2.45) is 0 Å². The van der Waals surface area contributed by atoms with Crippen LogP contribution in [0.2, 0.25) is 0 Å². The highest BCUT2D eigenvalue weighted by molar-refractivity contribution is 5.80. The van der Waals surface area contributed by atoms with Gasteiger partial charge >= 0.3 is 0 Å². The number of benzene rings is 2. The number of hydrogen-bond acceptors (Lipinski definition) is 3. The molecular weight excluding hydrogens is 350 g/mol. The van der Waals surface area contributed by atoms with Crippen molar-refractivity contribution in [1.29, 1.82) is 0 Å². The minimum Gasteiger partial charge on any atom is -0.493 e. The van der Waals surface area contributed by atoms with Crippen molar-refractivity contribution >= 4 is 5.91 Å². The molecule has 2 aromatic rings. The fourth-order valence-corrected chi connectivity index (χ4v) is 3.06. The van der Waals surface area contributed by atoms with Gasteiger partial charge in [-0.25, -0.2) is 0 Å². The Morgan fingerprint density at radius 1 is 1.11 bits per heavy atom. The van der Waals surface area contributed by atoms with Crippen LogP contribution in [-0.4, -0.2) is 25.2 Å². The van der Waals surface area contributed by atoms with Crippen molar-refractivity contribution < 1.29 is 14.3 Å². The second-order valence-electron chi connectivity index (χ2n) is 7.32. The Bertz CT molecular complexity index is 785. The molecule has 152 valence electrons. The number of rotatable bonds is 10. The Balaban J connectivity index is 1.81. The first-order valence-electron chi connectivity index (χ1n) is 10.1. The molecule has 0 aromatic heterocycles. The molecule has 4 nitrogen and oxygen atoms in total. The molecule has 1 unspecified atom stereocenters. The fraction of sp³-hybridized carbons (Fsp3) is 0.458. The molecule has 0 aliphatic rings. The molecule has 0 spiro atoms. The van der Waals surface area contributed by atoms with E-state index in [9.17, 15) is 4.79 Å². The molecule has 0 fully saturated rings. The monoisotopic (exact) mass is 383 g/mol. The van der Waals surface area contributed by atoms with E-state index >= 15 is 0 Å². The van der Waals surface area contributed by atoms with Gasteiger partial charge in [-0.2, -0.15) is 0 Å². The normalized spacial score (nSPS) is 11.8. The van der Waals surface area contributed by atoms with E-state index in [0.717, 1.165) is 48.5 Å². The number of hydrogen-bond donors (Lipinski definition) is 1. The molecular formula is C24H33NO3. The van der Waals surface area contributed by atoms with Crippen LogP contribution in [0.5, 0.6) is 11.5 Å². The molecule has 1 amide bonds. The molecule has 1 atom stereocenters. The van der Waals surface area contributed by atoms with Gasteiger partial charge in [0, 0.05) is 6.54 Å². The fourth-order valence-electron chi connectivity index (χ4n) is 3.06. The highest BCUT2D eigenvalue weighted by atomic mass is 16.5. The summed E-state index contributed by atoms with van der Waals surface area (Å²) in [5.41, 5.74) is 4.57. The third-order valence-corrected chi connectivity index (χ3v) is 4.79. The van der Waals surface area contributed by atoms with Crippen molar-refractivity contribution in [2.45, 2.75) is 60.0 Å². The highest BCUT2D eigenvalue weighted by Gasteiger charge is 2.16. The lowest BCUT2D eigenvalue weighted by molar-refractivity contribution is -0.127. The average molecular weight is 384 g/mol. The van der Waals surface area contributed by atoms with Crippen molar-refractivity contribution in [1.82, 2.24) is 5.32 Å². The first-order chi connectivity index (χ1) is 13.4. The minimum atomic E-state index is -0.528. The number of carbonyl (C=O) groups excluding carboxylic acids is 1. The molecule has 0 saturated heterocycles. The van der Waals surface area contributed by atoms with Gasteiger partial charge in [-0.15, -0.1) is 0 Å². The van der Waals surface area contributed by atoms with Crippen molar-refractivity contribution in [2.75, 3.05) is 13.2 Å². The molecule has 2 rings (SSSR count). The van der Waals surface area contributed by atoms with E-state index in [0.29, 0.717) is 6.54 Å². The molecule has 0 bridgehead atoms. The van der Waals surface area contributed by atoms with Crippen LogP contribution < -0.4 is 14.8 Å². The topological polar surface area (TPSA) is 47.6 Å². The summed E-state index contributed by atoms with van der Waals surface area (Å²) in [6, 6.07) is 12.2. The predicted octanol–water partition coefficient (Wildman–Crippen LogP) is 4.92. The van der Waals surface area contributed by atoms with Gasteiger partial charge in [0.15, 0.2) is 6.10 Å². The maximum atomic E-state index is 12.4. The van der Waals surface area contributed by atoms with Gasteiger partial charge in [0.25, 0.3) is 5.91 Å². The Labute approximate surface area is 169 Å². The third-order valence-electron chi connectivity index (χ3n) is 4.79. The van der Waals surface area contributed by atoms with Crippen LogP contribution in [0.1, 0.15) is 48.9 Å².